The molecule has 0 unspecified atom stereocenters. The van der Waals surface area contributed by atoms with Gasteiger partial charge in [0.2, 0.25) is 0 Å². The van der Waals surface area contributed by atoms with Crippen LogP contribution < -0.4 is 10.1 Å². The Hall–Kier alpha value is -4.63. The first-order valence-corrected chi connectivity index (χ1v) is 12.9. The Labute approximate surface area is 231 Å². The van der Waals surface area contributed by atoms with Gasteiger partial charge in [-0.15, -0.1) is 0 Å². The molecule has 1 aliphatic rings. The number of nitrogens with one attached hydrogen (secondary N) is 1. The molecule has 0 saturated carbocycles. The van der Waals surface area contributed by atoms with Gasteiger partial charge in [-0.05, 0) is 65.4 Å². The number of ether oxygens (including phenoxy) is 1. The number of anilines is 1. The van der Waals surface area contributed by atoms with E-state index in [9.17, 15) is 9.59 Å². The maximum atomic E-state index is 15.4. The monoisotopic (exact) mass is 540 g/mol. The lowest BCUT2D eigenvalue weighted by Gasteiger charge is -2.36. The maximum Gasteiger partial charge on any atom is 0.309 e. The third kappa shape index (κ3) is 5.28. The van der Waals surface area contributed by atoms with Crippen LogP contribution in [-0.4, -0.2) is 52.1 Å². The van der Waals surface area contributed by atoms with Crippen LogP contribution in [-0.2, 0) is 11.3 Å². The molecule has 1 aromatic heterocycles. The molecule has 0 spiro atoms. The van der Waals surface area contributed by atoms with E-state index in [1.54, 1.807) is 0 Å². The average molecular weight is 541 g/mol. The van der Waals surface area contributed by atoms with Crippen LogP contribution in [0.4, 0.5) is 10.1 Å². The number of hydrogen-bond donors (Lipinski definition) is 2. The Morgan fingerprint density at radius 3 is 2.42 bits per heavy atom. The molecule has 9 heteroatoms. The van der Waals surface area contributed by atoms with Crippen LogP contribution >= 0.6 is 0 Å². The third-order valence-corrected chi connectivity index (χ3v) is 7.38. The number of benzene rings is 3. The number of nitrogens with zero attached hydrogens (tertiary/aromatic N) is 3. The van der Waals surface area contributed by atoms with Gasteiger partial charge < -0.3 is 15.2 Å². The zero-order chi connectivity index (χ0) is 28.4. The summed E-state index contributed by atoms with van der Waals surface area (Å²) in [6.07, 6.45) is 4.39. The van der Waals surface area contributed by atoms with Gasteiger partial charge in [-0.1, -0.05) is 30.3 Å². The highest BCUT2D eigenvalue weighted by Gasteiger charge is 2.33. The van der Waals surface area contributed by atoms with Crippen molar-refractivity contribution in [3.8, 4) is 28.0 Å². The molecule has 2 heterocycles. The number of carboxylic acids is 1. The zero-order valence-electron chi connectivity index (χ0n) is 22.4. The second-order valence-corrected chi connectivity index (χ2v) is 9.87. The minimum atomic E-state index is -0.831. The van der Waals surface area contributed by atoms with Crippen molar-refractivity contribution in [1.82, 2.24) is 14.9 Å². The molecule has 1 saturated heterocycles. The molecule has 0 bridgehead atoms. The molecule has 204 valence electrons. The summed E-state index contributed by atoms with van der Waals surface area (Å²) in [5.74, 6) is -1.58. The van der Waals surface area contributed by atoms with Gasteiger partial charge in [-0.3, -0.25) is 19.5 Å². The predicted octanol–water partition coefficient (Wildman–Crippen LogP) is 5.34. The van der Waals surface area contributed by atoms with Crippen LogP contribution in [0.3, 0.4) is 0 Å². The molecule has 0 aliphatic carbocycles. The largest absolute Gasteiger partial charge is 0.496 e. The molecular weight excluding hydrogens is 511 g/mol. The molecule has 3 aromatic carbocycles. The van der Waals surface area contributed by atoms with Crippen molar-refractivity contribution >= 4 is 17.6 Å². The Balaban J connectivity index is 1.45. The Morgan fingerprint density at radius 1 is 1.05 bits per heavy atom. The zero-order valence-corrected chi connectivity index (χ0v) is 22.4. The maximum absolute atomic E-state index is 15.4. The molecule has 0 radical (unpaired) electrons. The number of aromatic nitrogens is 2. The Bertz CT molecular complexity index is 1590. The third-order valence-electron chi connectivity index (χ3n) is 7.38. The summed E-state index contributed by atoms with van der Waals surface area (Å²) in [7, 11) is 1.51. The number of halogens is 1. The summed E-state index contributed by atoms with van der Waals surface area (Å²) in [6.45, 7) is 4.98. The Morgan fingerprint density at radius 2 is 1.75 bits per heavy atom. The Kier molecular flexibility index (Phi) is 7.57. The molecule has 2 N–H and O–H groups in total. The summed E-state index contributed by atoms with van der Waals surface area (Å²) in [5.41, 5.74) is 6.54. The molecule has 8 nitrogen and oxygen atoms in total. The van der Waals surface area contributed by atoms with Crippen molar-refractivity contribution in [2.24, 2.45) is 5.92 Å². The van der Waals surface area contributed by atoms with Crippen molar-refractivity contribution in [2.45, 2.75) is 20.4 Å². The van der Waals surface area contributed by atoms with E-state index in [0.717, 1.165) is 27.8 Å². The molecule has 4 aromatic rings. The number of carboxylic acid groups (broad SMARTS) is 1. The van der Waals surface area contributed by atoms with Gasteiger partial charge in [-0.2, -0.15) is 0 Å². The molecular formula is C31H29FN4O4. The highest BCUT2D eigenvalue weighted by Crippen LogP contribution is 2.38. The first-order valence-electron chi connectivity index (χ1n) is 12.9. The number of likely N-dealkylation sites (tertiary alicyclic amines) is 1. The van der Waals surface area contributed by atoms with Crippen molar-refractivity contribution in [3.63, 3.8) is 0 Å². The highest BCUT2D eigenvalue weighted by atomic mass is 19.1. The number of hydrogen-bond acceptors (Lipinski definition) is 6. The van der Waals surface area contributed by atoms with E-state index in [0.29, 0.717) is 35.7 Å². The smallest absolute Gasteiger partial charge is 0.309 e. The minimum absolute atomic E-state index is 0.223. The van der Waals surface area contributed by atoms with Gasteiger partial charge in [0.1, 0.15) is 17.3 Å². The van der Waals surface area contributed by atoms with E-state index in [1.165, 1.54) is 31.8 Å². The first kappa shape index (κ1) is 27.0. The second-order valence-electron chi connectivity index (χ2n) is 9.87. The number of rotatable bonds is 8. The van der Waals surface area contributed by atoms with Crippen molar-refractivity contribution in [1.29, 1.82) is 0 Å². The van der Waals surface area contributed by atoms with Gasteiger partial charge >= 0.3 is 5.97 Å². The highest BCUT2D eigenvalue weighted by molar-refractivity contribution is 6.03. The van der Waals surface area contributed by atoms with E-state index >= 15 is 4.39 Å². The SMILES string of the molecule is COc1cc(-c2cccc(-c3cccc(NC(=O)c4cnccn4)c3C)c2C)cc(F)c1CN1CC(C(=O)O)C1. The van der Waals surface area contributed by atoms with E-state index in [-0.39, 0.29) is 18.1 Å². The number of carbonyl (C=O) groups excluding carboxylic acids is 1. The fourth-order valence-corrected chi connectivity index (χ4v) is 5.09. The summed E-state index contributed by atoms with van der Waals surface area (Å²) in [4.78, 5) is 33.7. The molecule has 5 rings (SSSR count). The molecule has 1 fully saturated rings. The van der Waals surface area contributed by atoms with Crippen molar-refractivity contribution in [2.75, 3.05) is 25.5 Å². The number of carbonyl (C=O) groups is 2. The van der Waals surface area contributed by atoms with Crippen LogP contribution in [0.15, 0.2) is 67.1 Å². The van der Waals surface area contributed by atoms with Crippen molar-refractivity contribution in [3.05, 3.63) is 95.3 Å². The summed E-state index contributed by atoms with van der Waals surface area (Å²) >= 11 is 0. The average Bonchev–Trinajstić information content (AvgIpc) is 2.92. The van der Waals surface area contributed by atoms with Crippen molar-refractivity contribution < 1.29 is 23.8 Å². The predicted molar refractivity (Wildman–Crippen MR) is 150 cm³/mol. The van der Waals surface area contributed by atoms with Crippen LogP contribution in [0.25, 0.3) is 22.3 Å². The second kappa shape index (κ2) is 11.2. The number of methoxy groups -OCH3 is 1. The van der Waals surface area contributed by atoms with E-state index in [2.05, 4.69) is 15.3 Å². The number of aliphatic carboxylic acids is 1. The lowest BCUT2D eigenvalue weighted by Crippen LogP contribution is -2.49. The standard InChI is InChI=1S/C31H29FN4O4/c1-18-22(20-12-26(32)25(29(13-20)40-3)17-36-15-21(16-36)31(38)39)6-4-7-23(18)24-8-5-9-27(19(24)2)35-30(37)28-14-33-10-11-34-28/h4-14,21H,15-17H2,1-3H3,(H,35,37)(H,38,39). The van der Waals surface area contributed by atoms with Gasteiger partial charge in [0.25, 0.3) is 5.91 Å². The number of amides is 1. The van der Waals surface area contributed by atoms with Crippen LogP contribution in [0.1, 0.15) is 27.2 Å². The molecule has 1 amide bonds. The fourth-order valence-electron chi connectivity index (χ4n) is 5.09. The van der Waals surface area contributed by atoms with Crippen LogP contribution in [0.2, 0.25) is 0 Å². The van der Waals surface area contributed by atoms with E-state index in [4.69, 9.17) is 9.84 Å². The van der Waals surface area contributed by atoms with Gasteiger partial charge in [-0.25, -0.2) is 9.37 Å². The van der Waals surface area contributed by atoms with Gasteiger partial charge in [0.05, 0.1) is 19.2 Å². The topological polar surface area (TPSA) is 105 Å². The summed E-state index contributed by atoms with van der Waals surface area (Å²) < 4.78 is 21.0. The summed E-state index contributed by atoms with van der Waals surface area (Å²) in [6, 6.07) is 14.9. The summed E-state index contributed by atoms with van der Waals surface area (Å²) in [5, 5.41) is 12.1. The first-order chi connectivity index (χ1) is 19.3. The minimum Gasteiger partial charge on any atom is -0.496 e. The molecule has 1 aliphatic heterocycles. The molecule has 0 atom stereocenters. The lowest BCUT2D eigenvalue weighted by molar-refractivity contribution is -0.147. The quantitative estimate of drug-likeness (QED) is 0.311. The normalized spacial score (nSPS) is 13.5. The van der Waals surface area contributed by atoms with Gasteiger partial charge in [0.15, 0.2) is 0 Å². The fraction of sp³-hybridized carbons (Fsp3) is 0.226. The van der Waals surface area contributed by atoms with E-state index in [1.807, 2.05) is 61.2 Å². The van der Waals surface area contributed by atoms with Gasteiger partial charge in [0, 0.05) is 43.3 Å². The van der Waals surface area contributed by atoms with Crippen LogP contribution in [0, 0.1) is 25.6 Å². The lowest BCUT2D eigenvalue weighted by atomic mass is 9.90. The molecule has 40 heavy (non-hydrogen) atoms. The van der Waals surface area contributed by atoms with E-state index < -0.39 is 17.7 Å². The van der Waals surface area contributed by atoms with Crippen LogP contribution in [0.5, 0.6) is 5.75 Å².